The third-order valence-electron chi connectivity index (χ3n) is 3.06. The quantitative estimate of drug-likeness (QED) is 0.811. The summed E-state index contributed by atoms with van der Waals surface area (Å²) in [6.45, 7) is 5.05. The van der Waals surface area contributed by atoms with E-state index in [1.807, 2.05) is 19.9 Å². The Bertz CT molecular complexity index is 555. The van der Waals surface area contributed by atoms with Gasteiger partial charge in [-0.05, 0) is 50.1 Å². The van der Waals surface area contributed by atoms with Gasteiger partial charge in [0.25, 0.3) is 0 Å². The molecule has 1 aromatic heterocycles. The second-order valence-corrected chi connectivity index (χ2v) is 4.52. The van der Waals surface area contributed by atoms with Crippen LogP contribution in [0.4, 0.5) is 5.69 Å². The summed E-state index contributed by atoms with van der Waals surface area (Å²) < 4.78 is 0. The van der Waals surface area contributed by atoms with Crippen LogP contribution in [0.25, 0.3) is 11.4 Å². The summed E-state index contributed by atoms with van der Waals surface area (Å²) >= 11 is 0. The lowest BCUT2D eigenvalue weighted by atomic mass is 10.1. The lowest BCUT2D eigenvalue weighted by Gasteiger charge is -2.05. The SMILES string of the molecule is Cc1cc(C)nc(-c2ccc3c(c2)CCN3)n1. The number of hydrogen-bond acceptors (Lipinski definition) is 3. The van der Waals surface area contributed by atoms with E-state index in [2.05, 4.69) is 33.5 Å². The molecule has 0 bridgehead atoms. The molecule has 1 aliphatic rings. The predicted molar refractivity (Wildman–Crippen MR) is 69.1 cm³/mol. The second-order valence-electron chi connectivity index (χ2n) is 4.52. The Labute approximate surface area is 101 Å². The molecule has 0 spiro atoms. The number of hydrogen-bond donors (Lipinski definition) is 1. The molecule has 0 fully saturated rings. The number of aromatic nitrogens is 2. The van der Waals surface area contributed by atoms with Crippen LogP contribution in [0.15, 0.2) is 24.3 Å². The molecule has 0 aliphatic carbocycles. The van der Waals surface area contributed by atoms with Gasteiger partial charge in [-0.25, -0.2) is 9.97 Å². The molecule has 0 saturated heterocycles. The monoisotopic (exact) mass is 225 g/mol. The van der Waals surface area contributed by atoms with E-state index in [-0.39, 0.29) is 0 Å². The molecule has 2 aromatic rings. The lowest BCUT2D eigenvalue weighted by molar-refractivity contribution is 1.06. The fourth-order valence-electron chi connectivity index (χ4n) is 2.30. The molecule has 0 unspecified atom stereocenters. The average molecular weight is 225 g/mol. The van der Waals surface area contributed by atoms with Crippen LogP contribution in [0.3, 0.4) is 0 Å². The van der Waals surface area contributed by atoms with Crippen molar-refractivity contribution in [2.75, 3.05) is 11.9 Å². The molecule has 0 radical (unpaired) electrons. The van der Waals surface area contributed by atoms with E-state index < -0.39 is 0 Å². The summed E-state index contributed by atoms with van der Waals surface area (Å²) in [6, 6.07) is 8.41. The standard InChI is InChI=1S/C14H15N3/c1-9-7-10(2)17-14(16-9)12-3-4-13-11(8-12)5-6-15-13/h3-4,7-8,15H,5-6H2,1-2H3. The van der Waals surface area contributed by atoms with Gasteiger partial charge >= 0.3 is 0 Å². The molecule has 3 heteroatoms. The van der Waals surface area contributed by atoms with Crippen molar-refractivity contribution in [3.8, 4) is 11.4 Å². The number of aryl methyl sites for hydroxylation is 2. The minimum atomic E-state index is 0.831. The Hall–Kier alpha value is -1.90. The van der Waals surface area contributed by atoms with Crippen molar-refractivity contribution in [1.82, 2.24) is 9.97 Å². The van der Waals surface area contributed by atoms with Crippen molar-refractivity contribution in [2.24, 2.45) is 0 Å². The van der Waals surface area contributed by atoms with E-state index in [0.717, 1.165) is 35.7 Å². The molecular weight excluding hydrogens is 210 g/mol. The number of rotatable bonds is 1. The summed E-state index contributed by atoms with van der Waals surface area (Å²) in [5, 5.41) is 3.36. The van der Waals surface area contributed by atoms with Crippen LogP contribution < -0.4 is 5.32 Å². The Morgan fingerprint density at radius 2 is 1.82 bits per heavy atom. The molecule has 1 N–H and O–H groups in total. The zero-order valence-electron chi connectivity index (χ0n) is 10.1. The number of benzene rings is 1. The highest BCUT2D eigenvalue weighted by Gasteiger charge is 2.12. The lowest BCUT2D eigenvalue weighted by Crippen LogP contribution is -1.94. The molecule has 3 rings (SSSR count). The zero-order chi connectivity index (χ0) is 11.8. The summed E-state index contributed by atoms with van der Waals surface area (Å²) in [4.78, 5) is 9.00. The summed E-state index contributed by atoms with van der Waals surface area (Å²) in [5.41, 5.74) is 5.76. The average Bonchev–Trinajstić information content (AvgIpc) is 2.74. The van der Waals surface area contributed by atoms with Gasteiger partial charge in [0.05, 0.1) is 0 Å². The number of nitrogens with one attached hydrogen (secondary N) is 1. The Kier molecular flexibility index (Phi) is 2.32. The van der Waals surface area contributed by atoms with E-state index >= 15 is 0 Å². The minimum Gasteiger partial charge on any atom is -0.384 e. The second kappa shape index (κ2) is 3.84. The molecule has 17 heavy (non-hydrogen) atoms. The zero-order valence-corrected chi connectivity index (χ0v) is 10.1. The highest BCUT2D eigenvalue weighted by molar-refractivity contribution is 5.65. The van der Waals surface area contributed by atoms with Crippen LogP contribution in [0.5, 0.6) is 0 Å². The maximum atomic E-state index is 4.50. The van der Waals surface area contributed by atoms with Crippen LogP contribution in [0, 0.1) is 13.8 Å². The molecule has 1 aliphatic heterocycles. The number of anilines is 1. The first-order chi connectivity index (χ1) is 8.22. The van der Waals surface area contributed by atoms with E-state index in [1.54, 1.807) is 0 Å². The molecular formula is C14H15N3. The summed E-state index contributed by atoms with van der Waals surface area (Å²) in [5.74, 6) is 0.831. The predicted octanol–water partition coefficient (Wildman–Crippen LogP) is 2.73. The topological polar surface area (TPSA) is 37.8 Å². The summed E-state index contributed by atoms with van der Waals surface area (Å²) in [7, 11) is 0. The number of fused-ring (bicyclic) bond motifs is 1. The van der Waals surface area contributed by atoms with Crippen LogP contribution in [-0.4, -0.2) is 16.5 Å². The maximum Gasteiger partial charge on any atom is 0.159 e. The van der Waals surface area contributed by atoms with Crippen molar-refractivity contribution < 1.29 is 0 Å². The van der Waals surface area contributed by atoms with Crippen molar-refractivity contribution in [2.45, 2.75) is 20.3 Å². The third kappa shape index (κ3) is 1.88. The molecule has 0 atom stereocenters. The van der Waals surface area contributed by atoms with Gasteiger partial charge in [0.2, 0.25) is 0 Å². The third-order valence-corrected chi connectivity index (χ3v) is 3.06. The van der Waals surface area contributed by atoms with Crippen molar-refractivity contribution in [3.05, 3.63) is 41.2 Å². The van der Waals surface area contributed by atoms with E-state index in [9.17, 15) is 0 Å². The molecule has 1 aromatic carbocycles. The van der Waals surface area contributed by atoms with E-state index in [4.69, 9.17) is 0 Å². The van der Waals surface area contributed by atoms with Gasteiger partial charge in [-0.2, -0.15) is 0 Å². The van der Waals surface area contributed by atoms with Crippen molar-refractivity contribution >= 4 is 5.69 Å². The first-order valence-corrected chi connectivity index (χ1v) is 5.92. The fourth-order valence-corrected chi connectivity index (χ4v) is 2.30. The number of nitrogens with zero attached hydrogens (tertiary/aromatic N) is 2. The smallest absolute Gasteiger partial charge is 0.159 e. The van der Waals surface area contributed by atoms with Gasteiger partial charge in [0, 0.05) is 29.2 Å². The van der Waals surface area contributed by atoms with Crippen molar-refractivity contribution in [1.29, 1.82) is 0 Å². The van der Waals surface area contributed by atoms with Gasteiger partial charge < -0.3 is 5.32 Å². The minimum absolute atomic E-state index is 0.831. The molecule has 86 valence electrons. The summed E-state index contributed by atoms with van der Waals surface area (Å²) in [6.07, 6.45) is 1.09. The Balaban J connectivity index is 2.09. The van der Waals surface area contributed by atoms with Crippen molar-refractivity contribution in [3.63, 3.8) is 0 Å². The molecule has 0 saturated carbocycles. The Morgan fingerprint density at radius 1 is 1.06 bits per heavy atom. The van der Waals surface area contributed by atoms with Crippen LogP contribution in [0.2, 0.25) is 0 Å². The van der Waals surface area contributed by atoms with Gasteiger partial charge in [-0.15, -0.1) is 0 Å². The normalized spacial score (nSPS) is 13.3. The van der Waals surface area contributed by atoms with E-state index in [1.165, 1.54) is 11.3 Å². The van der Waals surface area contributed by atoms with E-state index in [0.29, 0.717) is 0 Å². The highest BCUT2D eigenvalue weighted by atomic mass is 14.9. The molecule has 2 heterocycles. The Morgan fingerprint density at radius 3 is 2.59 bits per heavy atom. The molecule has 0 amide bonds. The van der Waals surface area contributed by atoms with Crippen LogP contribution >= 0.6 is 0 Å². The first-order valence-electron chi connectivity index (χ1n) is 5.92. The fraction of sp³-hybridized carbons (Fsp3) is 0.286. The van der Waals surface area contributed by atoms with Gasteiger partial charge in [-0.3, -0.25) is 0 Å². The van der Waals surface area contributed by atoms with Gasteiger partial charge in [0.15, 0.2) is 5.82 Å². The van der Waals surface area contributed by atoms with Crippen LogP contribution in [-0.2, 0) is 6.42 Å². The largest absolute Gasteiger partial charge is 0.384 e. The van der Waals surface area contributed by atoms with Gasteiger partial charge in [0.1, 0.15) is 0 Å². The van der Waals surface area contributed by atoms with Gasteiger partial charge in [-0.1, -0.05) is 0 Å². The van der Waals surface area contributed by atoms with Crippen LogP contribution in [0.1, 0.15) is 17.0 Å². The first kappa shape index (κ1) is 10.3. The maximum absolute atomic E-state index is 4.50. The molecule has 3 nitrogen and oxygen atoms in total. The highest BCUT2D eigenvalue weighted by Crippen LogP contribution is 2.27.